The van der Waals surface area contributed by atoms with Gasteiger partial charge in [0.2, 0.25) is 5.91 Å². The maximum absolute atomic E-state index is 12.2. The molecule has 0 aromatic rings. The van der Waals surface area contributed by atoms with Crippen molar-refractivity contribution in [2.75, 3.05) is 13.2 Å². The fourth-order valence-corrected chi connectivity index (χ4v) is 3.43. The monoisotopic (exact) mass is 455 g/mol. The van der Waals surface area contributed by atoms with Gasteiger partial charge in [0.1, 0.15) is 19.3 Å². The van der Waals surface area contributed by atoms with Gasteiger partial charge in [0.05, 0.1) is 0 Å². The van der Waals surface area contributed by atoms with E-state index in [-0.39, 0.29) is 37.9 Å². The number of carbonyl (C=O) groups is 4. The molecular weight excluding hydrogens is 414 g/mol. The Morgan fingerprint density at radius 2 is 1.41 bits per heavy atom. The third-order valence-electron chi connectivity index (χ3n) is 5.39. The van der Waals surface area contributed by atoms with Crippen molar-refractivity contribution in [2.45, 2.75) is 116 Å². The fourth-order valence-electron chi connectivity index (χ4n) is 3.43. The summed E-state index contributed by atoms with van der Waals surface area (Å²) < 4.78 is 15.9. The fraction of sp³-hybridized carbons (Fsp3) is 0.833. The van der Waals surface area contributed by atoms with Crippen LogP contribution in [0.3, 0.4) is 0 Å². The van der Waals surface area contributed by atoms with Crippen LogP contribution in [0.5, 0.6) is 0 Å². The average Bonchev–Trinajstić information content (AvgIpc) is 3.21. The van der Waals surface area contributed by atoms with Crippen LogP contribution < -0.4 is 5.32 Å². The van der Waals surface area contributed by atoms with Crippen molar-refractivity contribution in [1.82, 2.24) is 5.32 Å². The second kappa shape index (κ2) is 17.4. The number of hydrogen-bond donors (Lipinski definition) is 1. The lowest BCUT2D eigenvalue weighted by molar-refractivity contribution is -0.167. The molecule has 1 rings (SSSR count). The third kappa shape index (κ3) is 13.3. The Kier molecular flexibility index (Phi) is 15.2. The van der Waals surface area contributed by atoms with E-state index < -0.39 is 24.1 Å². The molecule has 0 aromatic heterocycles. The average molecular weight is 456 g/mol. The zero-order chi connectivity index (χ0) is 23.6. The van der Waals surface area contributed by atoms with Crippen LogP contribution in [0, 0.1) is 0 Å². The van der Waals surface area contributed by atoms with Gasteiger partial charge >= 0.3 is 17.9 Å². The maximum atomic E-state index is 12.2. The van der Waals surface area contributed by atoms with Crippen molar-refractivity contribution in [1.29, 1.82) is 0 Å². The van der Waals surface area contributed by atoms with Crippen molar-refractivity contribution in [3.8, 4) is 0 Å². The van der Waals surface area contributed by atoms with Gasteiger partial charge in [0, 0.05) is 19.3 Å². The lowest BCUT2D eigenvalue weighted by Gasteiger charge is -2.19. The lowest BCUT2D eigenvalue weighted by atomic mass is 10.1. The molecule has 0 saturated carbocycles. The summed E-state index contributed by atoms with van der Waals surface area (Å²) in [4.78, 5) is 47.6. The van der Waals surface area contributed by atoms with Crippen molar-refractivity contribution in [3.63, 3.8) is 0 Å². The van der Waals surface area contributed by atoms with Crippen LogP contribution in [0.2, 0.25) is 0 Å². The summed E-state index contributed by atoms with van der Waals surface area (Å²) in [5, 5.41) is 2.54. The first-order valence-electron chi connectivity index (χ1n) is 12.3. The molecular formula is C24H41NO7. The number of carbonyl (C=O) groups excluding carboxylic acids is 4. The minimum Gasteiger partial charge on any atom is -0.462 e. The standard InChI is InChI=1S/C24H41NO7/c1-3-5-7-9-11-13-22(27)30-17-19(32-23(28)14-12-10-8-6-4-2)18-31-24(29)20-15-16-21(26)25-20/h19-20H,3-18H2,1-2H3,(H,25,26). The smallest absolute Gasteiger partial charge is 0.328 e. The van der Waals surface area contributed by atoms with E-state index in [0.717, 1.165) is 64.2 Å². The van der Waals surface area contributed by atoms with Crippen molar-refractivity contribution in [3.05, 3.63) is 0 Å². The molecule has 0 bridgehead atoms. The predicted octanol–water partition coefficient (Wildman–Crippen LogP) is 3.98. The van der Waals surface area contributed by atoms with Gasteiger partial charge in [-0.15, -0.1) is 0 Å². The molecule has 0 aliphatic carbocycles. The molecule has 2 atom stereocenters. The molecule has 1 aliphatic rings. The molecule has 1 N–H and O–H groups in total. The highest BCUT2D eigenvalue weighted by atomic mass is 16.6. The molecule has 8 nitrogen and oxygen atoms in total. The molecule has 184 valence electrons. The summed E-state index contributed by atoms with van der Waals surface area (Å²) in [5.74, 6) is -1.51. The summed E-state index contributed by atoms with van der Waals surface area (Å²) >= 11 is 0. The third-order valence-corrected chi connectivity index (χ3v) is 5.39. The number of hydrogen-bond acceptors (Lipinski definition) is 7. The Labute approximate surface area is 192 Å². The number of ether oxygens (including phenoxy) is 3. The highest BCUT2D eigenvalue weighted by Gasteiger charge is 2.29. The predicted molar refractivity (Wildman–Crippen MR) is 120 cm³/mol. The van der Waals surface area contributed by atoms with Gasteiger partial charge < -0.3 is 19.5 Å². The van der Waals surface area contributed by atoms with Gasteiger partial charge in [0.25, 0.3) is 0 Å². The maximum Gasteiger partial charge on any atom is 0.328 e. The van der Waals surface area contributed by atoms with Gasteiger partial charge in [0.15, 0.2) is 6.10 Å². The van der Waals surface area contributed by atoms with E-state index in [9.17, 15) is 19.2 Å². The van der Waals surface area contributed by atoms with E-state index in [0.29, 0.717) is 12.8 Å². The molecule has 1 saturated heterocycles. The molecule has 2 unspecified atom stereocenters. The van der Waals surface area contributed by atoms with Crippen LogP contribution in [0.15, 0.2) is 0 Å². The van der Waals surface area contributed by atoms with Crippen LogP contribution in [0.25, 0.3) is 0 Å². The Bertz CT molecular complexity index is 579. The summed E-state index contributed by atoms with van der Waals surface area (Å²) in [6.07, 6.45) is 10.6. The Hall–Kier alpha value is -2.12. The van der Waals surface area contributed by atoms with Gasteiger partial charge in [-0.1, -0.05) is 65.2 Å². The molecule has 1 heterocycles. The second-order valence-corrected chi connectivity index (χ2v) is 8.41. The minimum absolute atomic E-state index is 0.153. The Morgan fingerprint density at radius 3 is 1.97 bits per heavy atom. The van der Waals surface area contributed by atoms with E-state index >= 15 is 0 Å². The van der Waals surface area contributed by atoms with E-state index in [2.05, 4.69) is 19.2 Å². The summed E-state index contributed by atoms with van der Waals surface area (Å²) in [5.41, 5.74) is 0. The quantitative estimate of drug-likeness (QED) is 0.189. The van der Waals surface area contributed by atoms with Gasteiger partial charge in [-0.3, -0.25) is 14.4 Å². The molecule has 8 heteroatoms. The van der Waals surface area contributed by atoms with E-state index in [1.807, 2.05) is 0 Å². The normalized spacial score (nSPS) is 16.3. The summed E-state index contributed by atoms with van der Waals surface area (Å²) in [7, 11) is 0. The molecule has 0 radical (unpaired) electrons. The summed E-state index contributed by atoms with van der Waals surface area (Å²) in [6.45, 7) is 3.90. The van der Waals surface area contributed by atoms with Crippen LogP contribution in [-0.2, 0) is 33.4 Å². The van der Waals surface area contributed by atoms with Crippen molar-refractivity contribution >= 4 is 23.8 Å². The largest absolute Gasteiger partial charge is 0.462 e. The highest BCUT2D eigenvalue weighted by molar-refractivity contribution is 5.88. The van der Waals surface area contributed by atoms with E-state index in [1.54, 1.807) is 0 Å². The minimum atomic E-state index is -0.858. The molecule has 0 aromatic carbocycles. The zero-order valence-corrected chi connectivity index (χ0v) is 19.8. The van der Waals surface area contributed by atoms with Gasteiger partial charge in [-0.05, 0) is 19.3 Å². The Morgan fingerprint density at radius 1 is 0.844 bits per heavy atom. The van der Waals surface area contributed by atoms with Crippen molar-refractivity contribution < 1.29 is 33.4 Å². The Balaban J connectivity index is 2.42. The molecule has 1 aliphatic heterocycles. The van der Waals surface area contributed by atoms with Crippen LogP contribution >= 0.6 is 0 Å². The number of esters is 3. The molecule has 1 amide bonds. The van der Waals surface area contributed by atoms with E-state index in [1.165, 1.54) is 0 Å². The number of rotatable bonds is 18. The first kappa shape index (κ1) is 27.9. The molecule has 1 fully saturated rings. The van der Waals surface area contributed by atoms with Crippen LogP contribution in [-0.4, -0.2) is 49.2 Å². The number of nitrogens with one attached hydrogen (secondary N) is 1. The van der Waals surface area contributed by atoms with Crippen molar-refractivity contribution in [2.24, 2.45) is 0 Å². The van der Waals surface area contributed by atoms with Crippen LogP contribution in [0.1, 0.15) is 104 Å². The second-order valence-electron chi connectivity index (χ2n) is 8.41. The number of amides is 1. The van der Waals surface area contributed by atoms with Gasteiger partial charge in [-0.25, -0.2) is 4.79 Å². The first-order chi connectivity index (χ1) is 15.5. The number of unbranched alkanes of at least 4 members (excludes halogenated alkanes) is 8. The topological polar surface area (TPSA) is 108 Å². The SMILES string of the molecule is CCCCCCCC(=O)OCC(COC(=O)C1CCC(=O)N1)OC(=O)CCCCCCC. The van der Waals surface area contributed by atoms with Gasteiger partial charge in [-0.2, -0.15) is 0 Å². The molecule has 0 spiro atoms. The molecule has 32 heavy (non-hydrogen) atoms. The zero-order valence-electron chi connectivity index (χ0n) is 19.8. The van der Waals surface area contributed by atoms with Crippen LogP contribution in [0.4, 0.5) is 0 Å². The van der Waals surface area contributed by atoms with E-state index in [4.69, 9.17) is 14.2 Å². The highest BCUT2D eigenvalue weighted by Crippen LogP contribution is 2.11. The summed E-state index contributed by atoms with van der Waals surface area (Å²) in [6, 6.07) is -0.678. The lowest BCUT2D eigenvalue weighted by Crippen LogP contribution is -2.37. The first-order valence-corrected chi connectivity index (χ1v) is 12.3.